The van der Waals surface area contributed by atoms with Gasteiger partial charge in [0, 0.05) is 12.6 Å². The smallest absolute Gasteiger partial charge is 0.390 e. The molecule has 0 aliphatic carbocycles. The Balaban J connectivity index is 1.87. The molecule has 1 N–H and O–H groups in total. The number of aliphatic hydroxyl groups is 1. The van der Waals surface area contributed by atoms with E-state index in [0.717, 1.165) is 12.1 Å². The summed E-state index contributed by atoms with van der Waals surface area (Å²) in [5, 5.41) is 17.6. The van der Waals surface area contributed by atoms with E-state index >= 15 is 0 Å². The van der Waals surface area contributed by atoms with Crippen molar-refractivity contribution in [2.24, 2.45) is 0 Å². The number of halogens is 3. The Morgan fingerprint density at radius 2 is 1.85 bits per heavy atom. The van der Waals surface area contributed by atoms with Gasteiger partial charge in [-0.3, -0.25) is 0 Å². The lowest BCUT2D eigenvalue weighted by Crippen LogP contribution is -2.41. The lowest BCUT2D eigenvalue weighted by atomic mass is 10.1. The fourth-order valence-corrected chi connectivity index (χ4v) is 4.59. The first-order valence-corrected chi connectivity index (χ1v) is 9.38. The molecule has 7 nitrogen and oxygen atoms in total. The molecule has 2 aromatic rings. The van der Waals surface area contributed by atoms with Gasteiger partial charge in [0.15, 0.2) is 9.84 Å². The number of rotatable bonds is 3. The molecule has 140 valence electrons. The minimum atomic E-state index is -4.43. The lowest BCUT2D eigenvalue weighted by molar-refractivity contribution is -0.137. The molecule has 11 heteroatoms. The molecule has 0 bridgehead atoms. The number of hydrogen-bond acceptors (Lipinski definition) is 7. The van der Waals surface area contributed by atoms with Gasteiger partial charge in [-0.1, -0.05) is 12.1 Å². The number of aromatic nitrogens is 3. The highest BCUT2D eigenvalue weighted by atomic mass is 32.2. The number of nitrogens with zero attached hydrogens (tertiary/aromatic N) is 4. The molecule has 1 aromatic heterocycles. The van der Waals surface area contributed by atoms with E-state index in [9.17, 15) is 26.7 Å². The zero-order valence-corrected chi connectivity index (χ0v) is 14.4. The van der Waals surface area contributed by atoms with Crippen LogP contribution in [-0.2, 0) is 16.0 Å². The molecule has 2 heterocycles. The third-order valence-corrected chi connectivity index (χ3v) is 5.86. The topological polar surface area (TPSA) is 96.3 Å². The minimum Gasteiger partial charge on any atom is -0.390 e. The molecule has 1 aliphatic rings. The average molecular weight is 388 g/mol. The Morgan fingerprint density at radius 1 is 1.19 bits per heavy atom. The van der Waals surface area contributed by atoms with Crippen LogP contribution in [0.15, 0.2) is 30.5 Å². The Labute approximate surface area is 147 Å². The second kappa shape index (κ2) is 6.47. The van der Waals surface area contributed by atoms with Crippen molar-refractivity contribution in [3.8, 4) is 11.3 Å². The molecule has 1 aromatic carbocycles. The fourth-order valence-electron chi connectivity index (χ4n) is 2.74. The molecule has 0 saturated carbocycles. The van der Waals surface area contributed by atoms with Crippen LogP contribution in [0.3, 0.4) is 0 Å². The molecule has 0 unspecified atom stereocenters. The molecule has 1 saturated heterocycles. The van der Waals surface area contributed by atoms with E-state index < -0.39 is 33.7 Å². The van der Waals surface area contributed by atoms with Crippen LogP contribution < -0.4 is 4.90 Å². The van der Waals surface area contributed by atoms with Crippen LogP contribution in [0.2, 0.25) is 0 Å². The summed E-state index contributed by atoms with van der Waals surface area (Å²) in [6.45, 7) is 0. The molecule has 2 atom stereocenters. The highest BCUT2D eigenvalue weighted by Crippen LogP contribution is 2.30. The van der Waals surface area contributed by atoms with E-state index in [0.29, 0.717) is 5.56 Å². The highest BCUT2D eigenvalue weighted by Gasteiger charge is 2.39. The van der Waals surface area contributed by atoms with E-state index in [1.807, 2.05) is 0 Å². The standard InChI is InChI=1S/C15H15F3N4O3S/c1-22(12-7-26(24,25)8-13(12)23)14-20-11(6-19-21-14)9-2-4-10(5-3-9)15(16,17)18/h2-6,12-13,23H,7-8H2,1H3/t12-,13-/m1/s1. The quantitative estimate of drug-likeness (QED) is 0.843. The molecule has 26 heavy (non-hydrogen) atoms. The summed E-state index contributed by atoms with van der Waals surface area (Å²) < 4.78 is 61.2. The van der Waals surface area contributed by atoms with Gasteiger partial charge in [0.2, 0.25) is 5.95 Å². The Bertz CT molecular complexity index is 903. The van der Waals surface area contributed by atoms with Gasteiger partial charge in [-0.15, -0.1) is 5.10 Å². The van der Waals surface area contributed by atoms with Crippen molar-refractivity contribution in [1.82, 2.24) is 15.2 Å². The SMILES string of the molecule is CN(c1nncc(-c2ccc(C(F)(F)F)cc2)n1)[C@@H]1CS(=O)(=O)C[C@H]1O. The third-order valence-electron chi connectivity index (χ3n) is 4.16. The number of benzene rings is 1. The molecule has 1 aliphatic heterocycles. The fraction of sp³-hybridized carbons (Fsp3) is 0.400. The van der Waals surface area contributed by atoms with Gasteiger partial charge in [0.05, 0.1) is 41.1 Å². The summed E-state index contributed by atoms with van der Waals surface area (Å²) >= 11 is 0. The number of sulfone groups is 1. The van der Waals surface area contributed by atoms with Gasteiger partial charge in [-0.2, -0.15) is 18.3 Å². The molecule has 0 spiro atoms. The largest absolute Gasteiger partial charge is 0.416 e. The van der Waals surface area contributed by atoms with Crippen LogP contribution in [-0.4, -0.2) is 59.4 Å². The molecule has 3 rings (SSSR count). The first kappa shape index (κ1) is 18.5. The maximum atomic E-state index is 12.6. The van der Waals surface area contributed by atoms with E-state index in [1.165, 1.54) is 30.3 Å². The summed E-state index contributed by atoms with van der Waals surface area (Å²) in [6.07, 6.45) is -4.22. The van der Waals surface area contributed by atoms with Crippen LogP contribution in [0.25, 0.3) is 11.3 Å². The van der Waals surface area contributed by atoms with Crippen molar-refractivity contribution in [3.05, 3.63) is 36.0 Å². The summed E-state index contributed by atoms with van der Waals surface area (Å²) in [7, 11) is -1.82. The van der Waals surface area contributed by atoms with Gasteiger partial charge in [-0.25, -0.2) is 13.4 Å². The molecular formula is C15H15F3N4O3S. The van der Waals surface area contributed by atoms with Crippen LogP contribution in [0, 0.1) is 0 Å². The maximum absolute atomic E-state index is 12.6. The molecule has 1 fully saturated rings. The van der Waals surface area contributed by atoms with Gasteiger partial charge in [-0.05, 0) is 12.1 Å². The average Bonchev–Trinajstić information content (AvgIpc) is 2.86. The van der Waals surface area contributed by atoms with E-state index in [1.54, 1.807) is 0 Å². The monoisotopic (exact) mass is 388 g/mol. The Hall–Kier alpha value is -2.27. The van der Waals surface area contributed by atoms with Gasteiger partial charge in [0.25, 0.3) is 0 Å². The maximum Gasteiger partial charge on any atom is 0.416 e. The van der Waals surface area contributed by atoms with Gasteiger partial charge in [0.1, 0.15) is 0 Å². The summed E-state index contributed by atoms with van der Waals surface area (Å²) in [6, 6.07) is 3.70. The number of aliphatic hydroxyl groups excluding tert-OH is 1. The van der Waals surface area contributed by atoms with Gasteiger partial charge < -0.3 is 10.0 Å². The van der Waals surface area contributed by atoms with Crippen molar-refractivity contribution in [1.29, 1.82) is 0 Å². The third kappa shape index (κ3) is 3.78. The minimum absolute atomic E-state index is 0.0727. The molecule has 0 radical (unpaired) electrons. The second-order valence-electron chi connectivity index (χ2n) is 6.04. The van der Waals surface area contributed by atoms with E-state index in [2.05, 4.69) is 15.2 Å². The number of hydrogen-bond donors (Lipinski definition) is 1. The first-order chi connectivity index (χ1) is 12.1. The van der Waals surface area contributed by atoms with Crippen molar-refractivity contribution in [3.63, 3.8) is 0 Å². The van der Waals surface area contributed by atoms with E-state index in [4.69, 9.17) is 0 Å². The number of alkyl halides is 3. The van der Waals surface area contributed by atoms with E-state index in [-0.39, 0.29) is 23.1 Å². The lowest BCUT2D eigenvalue weighted by Gasteiger charge is -2.25. The van der Waals surface area contributed by atoms with Crippen LogP contribution in [0.4, 0.5) is 19.1 Å². The predicted molar refractivity (Wildman–Crippen MR) is 87.1 cm³/mol. The van der Waals surface area contributed by atoms with Crippen LogP contribution >= 0.6 is 0 Å². The summed E-state index contributed by atoms with van der Waals surface area (Å²) in [5.74, 6) is -0.504. The summed E-state index contributed by atoms with van der Waals surface area (Å²) in [5.41, 5.74) is -0.0899. The molecule has 0 amide bonds. The number of anilines is 1. The Morgan fingerprint density at radius 3 is 2.38 bits per heavy atom. The van der Waals surface area contributed by atoms with Gasteiger partial charge >= 0.3 is 6.18 Å². The number of likely N-dealkylation sites (N-methyl/N-ethyl adjacent to an activating group) is 1. The zero-order valence-electron chi connectivity index (χ0n) is 13.6. The first-order valence-electron chi connectivity index (χ1n) is 7.55. The Kier molecular flexibility index (Phi) is 4.61. The van der Waals surface area contributed by atoms with Crippen LogP contribution in [0.5, 0.6) is 0 Å². The normalized spacial score (nSPS) is 22.3. The van der Waals surface area contributed by atoms with Crippen molar-refractivity contribution >= 4 is 15.8 Å². The summed E-state index contributed by atoms with van der Waals surface area (Å²) in [4.78, 5) is 5.64. The highest BCUT2D eigenvalue weighted by molar-refractivity contribution is 7.91. The predicted octanol–water partition coefficient (Wildman–Crippen LogP) is 1.15. The van der Waals surface area contributed by atoms with Crippen molar-refractivity contribution in [2.75, 3.05) is 23.5 Å². The van der Waals surface area contributed by atoms with Crippen molar-refractivity contribution in [2.45, 2.75) is 18.3 Å². The second-order valence-corrected chi connectivity index (χ2v) is 8.19. The van der Waals surface area contributed by atoms with Crippen molar-refractivity contribution < 1.29 is 26.7 Å². The zero-order chi connectivity index (χ0) is 19.1. The molecular weight excluding hydrogens is 373 g/mol. The van der Waals surface area contributed by atoms with Crippen LogP contribution in [0.1, 0.15) is 5.56 Å².